The lowest BCUT2D eigenvalue weighted by atomic mass is 9.83. The summed E-state index contributed by atoms with van der Waals surface area (Å²) < 4.78 is 13.0. The molecule has 2 bridgehead atoms. The zero-order chi connectivity index (χ0) is 24.4. The summed E-state index contributed by atoms with van der Waals surface area (Å²) in [4.78, 5) is 27.0. The summed E-state index contributed by atoms with van der Waals surface area (Å²) in [5.74, 6) is 1.93. The highest BCUT2D eigenvalue weighted by molar-refractivity contribution is 5.95. The van der Waals surface area contributed by atoms with E-state index in [1.54, 1.807) is 25.3 Å². The van der Waals surface area contributed by atoms with Crippen LogP contribution in [0.25, 0.3) is 0 Å². The smallest absolute Gasteiger partial charge is 0.274 e. The number of hydrogen-bond acceptors (Lipinski definition) is 6. The third-order valence-electron chi connectivity index (χ3n) is 6.82. The maximum absolute atomic E-state index is 12.3. The number of amides is 1. The maximum atomic E-state index is 12.3. The number of piperidine rings is 1. The van der Waals surface area contributed by atoms with Crippen LogP contribution in [0.4, 0.5) is 0 Å². The first-order chi connectivity index (χ1) is 17.0. The Labute approximate surface area is 204 Å². The van der Waals surface area contributed by atoms with Crippen molar-refractivity contribution in [3.8, 4) is 5.75 Å². The van der Waals surface area contributed by atoms with E-state index in [2.05, 4.69) is 27.6 Å². The molecule has 35 heavy (non-hydrogen) atoms. The molecule has 0 radical (unpaired) electrons. The van der Waals surface area contributed by atoms with Crippen LogP contribution in [0.2, 0.25) is 0 Å². The monoisotopic (exact) mass is 474 g/mol. The molecule has 3 aromatic rings. The van der Waals surface area contributed by atoms with Crippen molar-refractivity contribution in [2.75, 3.05) is 19.7 Å². The van der Waals surface area contributed by atoms with E-state index in [1.165, 1.54) is 6.26 Å². The highest BCUT2D eigenvalue weighted by Gasteiger charge is 2.34. The summed E-state index contributed by atoms with van der Waals surface area (Å²) >= 11 is 0. The van der Waals surface area contributed by atoms with Gasteiger partial charge in [0, 0.05) is 49.4 Å². The zero-order valence-corrected chi connectivity index (χ0v) is 20.1. The fourth-order valence-electron chi connectivity index (χ4n) is 5.31. The van der Waals surface area contributed by atoms with Gasteiger partial charge in [-0.1, -0.05) is 6.07 Å². The van der Waals surface area contributed by atoms with E-state index in [0.717, 1.165) is 55.2 Å². The van der Waals surface area contributed by atoms with Crippen LogP contribution in [0, 0.1) is 12.8 Å². The molecule has 2 aliphatic heterocycles. The number of aromatic nitrogens is 1. The van der Waals surface area contributed by atoms with Crippen molar-refractivity contribution in [2.24, 2.45) is 11.0 Å². The molecule has 1 N–H and O–H groups in total. The quantitative estimate of drug-likeness (QED) is 0.418. The molecule has 0 saturated carbocycles. The van der Waals surface area contributed by atoms with E-state index in [9.17, 15) is 9.59 Å². The Morgan fingerprint density at radius 3 is 2.91 bits per heavy atom. The number of rotatable bonds is 7. The van der Waals surface area contributed by atoms with Gasteiger partial charge in [-0.05, 0) is 62.1 Å². The molecule has 2 aromatic heterocycles. The van der Waals surface area contributed by atoms with Crippen molar-refractivity contribution in [3.63, 3.8) is 0 Å². The minimum absolute atomic E-state index is 0.103. The van der Waals surface area contributed by atoms with Crippen LogP contribution in [0.1, 0.15) is 52.2 Å². The van der Waals surface area contributed by atoms with E-state index in [0.29, 0.717) is 29.8 Å². The molecule has 1 fully saturated rings. The van der Waals surface area contributed by atoms with Crippen LogP contribution in [-0.2, 0) is 13.1 Å². The van der Waals surface area contributed by atoms with Gasteiger partial charge in [0.25, 0.3) is 11.5 Å². The van der Waals surface area contributed by atoms with E-state index in [1.807, 2.05) is 29.7 Å². The van der Waals surface area contributed by atoms with Crippen molar-refractivity contribution >= 4 is 12.1 Å². The van der Waals surface area contributed by atoms with Crippen molar-refractivity contribution < 1.29 is 13.9 Å². The number of nitrogens with one attached hydrogen (secondary N) is 1. The lowest BCUT2D eigenvalue weighted by molar-refractivity contribution is 0.0953. The second-order valence-electron chi connectivity index (χ2n) is 9.28. The molecular formula is C27H30N4O4. The third-order valence-corrected chi connectivity index (χ3v) is 6.82. The summed E-state index contributed by atoms with van der Waals surface area (Å²) in [6.45, 7) is 7.69. The maximum Gasteiger partial charge on any atom is 0.274 e. The van der Waals surface area contributed by atoms with Crippen LogP contribution in [0.5, 0.6) is 5.75 Å². The van der Waals surface area contributed by atoms with Gasteiger partial charge in [0.15, 0.2) is 0 Å². The van der Waals surface area contributed by atoms with Gasteiger partial charge in [0.1, 0.15) is 11.5 Å². The first-order valence-corrected chi connectivity index (χ1v) is 12.1. The predicted molar refractivity (Wildman–Crippen MR) is 133 cm³/mol. The molecule has 1 amide bonds. The first kappa shape index (κ1) is 23.1. The molecule has 2 aliphatic rings. The lowest BCUT2D eigenvalue weighted by Crippen LogP contribution is -2.46. The molecule has 1 aromatic carbocycles. The number of hydrazone groups is 1. The molecule has 4 heterocycles. The van der Waals surface area contributed by atoms with Crippen molar-refractivity contribution in [2.45, 2.75) is 39.3 Å². The number of likely N-dealkylation sites (tertiary alicyclic amines) is 1. The molecule has 1 saturated heterocycles. The number of pyridine rings is 1. The molecule has 0 unspecified atom stereocenters. The Kier molecular flexibility index (Phi) is 6.55. The SMILES string of the molecule is CCOc1ccc(/C=N\NC(=O)c2ccoc2C)cc1CN1C[C@H]2C[C@@H](C1)c1cccc(=O)n1C2. The molecule has 5 rings (SSSR count). The van der Waals surface area contributed by atoms with Crippen LogP contribution in [-0.4, -0.2) is 41.3 Å². The van der Waals surface area contributed by atoms with Crippen molar-refractivity contribution in [1.82, 2.24) is 14.9 Å². The van der Waals surface area contributed by atoms with E-state index >= 15 is 0 Å². The third kappa shape index (κ3) is 4.93. The van der Waals surface area contributed by atoms with Gasteiger partial charge in [-0.15, -0.1) is 0 Å². The van der Waals surface area contributed by atoms with Crippen LogP contribution < -0.4 is 15.7 Å². The van der Waals surface area contributed by atoms with Gasteiger partial charge < -0.3 is 13.7 Å². The molecule has 0 spiro atoms. The fraction of sp³-hybridized carbons (Fsp3) is 0.370. The van der Waals surface area contributed by atoms with Crippen LogP contribution in [0.3, 0.4) is 0 Å². The first-order valence-electron chi connectivity index (χ1n) is 12.1. The highest BCUT2D eigenvalue weighted by Crippen LogP contribution is 2.36. The summed E-state index contributed by atoms with van der Waals surface area (Å²) in [6.07, 6.45) is 4.25. The minimum atomic E-state index is -0.307. The number of benzene rings is 1. The highest BCUT2D eigenvalue weighted by atomic mass is 16.5. The molecule has 8 nitrogen and oxygen atoms in total. The van der Waals surface area contributed by atoms with E-state index < -0.39 is 0 Å². The standard InChI is InChI=1S/C27H30N4O4/c1-3-34-25-8-7-19(13-28-29-27(33)23-9-10-35-18(23)2)11-22(25)17-30-14-20-12-21(16-30)24-5-4-6-26(32)31(24)15-20/h4-11,13,20-21H,3,12,14-17H2,1-2H3,(H,29,33)/b28-13-/t20-,21+/m1/s1. The van der Waals surface area contributed by atoms with E-state index in [4.69, 9.17) is 9.15 Å². The summed E-state index contributed by atoms with van der Waals surface area (Å²) in [7, 11) is 0. The number of fused-ring (bicyclic) bond motifs is 4. The van der Waals surface area contributed by atoms with Gasteiger partial charge in [-0.25, -0.2) is 5.43 Å². The van der Waals surface area contributed by atoms with Gasteiger partial charge in [0.2, 0.25) is 0 Å². The number of carbonyl (C=O) groups is 1. The molecular weight excluding hydrogens is 444 g/mol. The summed E-state index contributed by atoms with van der Waals surface area (Å²) in [6, 6.07) is 13.2. The number of ether oxygens (including phenoxy) is 1. The summed E-state index contributed by atoms with van der Waals surface area (Å²) in [5.41, 5.74) is 6.23. The van der Waals surface area contributed by atoms with Gasteiger partial charge >= 0.3 is 0 Å². The fourth-order valence-corrected chi connectivity index (χ4v) is 5.31. The molecule has 2 atom stereocenters. The largest absolute Gasteiger partial charge is 0.494 e. The Hall–Kier alpha value is -3.65. The Bertz CT molecular complexity index is 1310. The normalized spacial score (nSPS) is 19.5. The van der Waals surface area contributed by atoms with Gasteiger partial charge in [-0.2, -0.15) is 5.10 Å². The van der Waals surface area contributed by atoms with E-state index in [-0.39, 0.29) is 11.5 Å². The molecule has 0 aliphatic carbocycles. The second-order valence-corrected chi connectivity index (χ2v) is 9.28. The zero-order valence-electron chi connectivity index (χ0n) is 20.1. The second kappa shape index (κ2) is 9.92. The number of hydrogen-bond donors (Lipinski definition) is 1. The Morgan fingerprint density at radius 1 is 1.23 bits per heavy atom. The number of carbonyl (C=O) groups excluding carboxylic acids is 1. The number of furan rings is 1. The van der Waals surface area contributed by atoms with Crippen LogP contribution >= 0.6 is 0 Å². The predicted octanol–water partition coefficient (Wildman–Crippen LogP) is 3.53. The van der Waals surface area contributed by atoms with Crippen molar-refractivity contribution in [1.29, 1.82) is 0 Å². The van der Waals surface area contributed by atoms with Crippen molar-refractivity contribution in [3.05, 3.63) is 87.2 Å². The molecule has 8 heteroatoms. The number of aryl methyl sites for hydroxylation is 1. The number of nitrogens with zero attached hydrogens (tertiary/aromatic N) is 3. The lowest BCUT2D eigenvalue weighted by Gasteiger charge is -2.43. The van der Waals surface area contributed by atoms with Gasteiger partial charge in [-0.3, -0.25) is 14.5 Å². The van der Waals surface area contributed by atoms with Gasteiger partial charge in [0.05, 0.1) is 24.6 Å². The van der Waals surface area contributed by atoms with Crippen LogP contribution in [0.15, 0.2) is 63.0 Å². The molecule has 182 valence electrons. The topological polar surface area (TPSA) is 89.1 Å². The summed E-state index contributed by atoms with van der Waals surface area (Å²) in [5, 5.41) is 4.13. The average molecular weight is 475 g/mol. The average Bonchev–Trinajstić information content (AvgIpc) is 3.27. The Morgan fingerprint density at radius 2 is 2.11 bits per heavy atom. The minimum Gasteiger partial charge on any atom is -0.494 e. The Balaban J connectivity index is 1.31.